The van der Waals surface area contributed by atoms with Crippen molar-refractivity contribution < 1.29 is 38.2 Å². The lowest BCUT2D eigenvalue weighted by atomic mass is 9.93. The van der Waals surface area contributed by atoms with Crippen LogP contribution in [0.25, 0.3) is 0 Å². The molecule has 1 aromatic rings. The van der Waals surface area contributed by atoms with Gasteiger partial charge in [0, 0.05) is 20.1 Å². The van der Waals surface area contributed by atoms with Gasteiger partial charge in [0.1, 0.15) is 6.29 Å². The van der Waals surface area contributed by atoms with E-state index in [-0.39, 0.29) is 54.0 Å². The zero-order chi connectivity index (χ0) is 28.1. The summed E-state index contributed by atoms with van der Waals surface area (Å²) >= 11 is 0. The number of rotatable bonds is 17. The molecule has 0 spiro atoms. The van der Waals surface area contributed by atoms with Crippen molar-refractivity contribution in [3.05, 3.63) is 29.3 Å². The first-order valence-corrected chi connectivity index (χ1v) is 12.8. The Morgan fingerprint density at radius 3 is 2.16 bits per heavy atom. The molecule has 4 amide bonds. The highest BCUT2D eigenvalue weighted by Gasteiger charge is 2.41. The smallest absolute Gasteiger partial charge is 0.264 e. The Morgan fingerprint density at radius 2 is 1.55 bits per heavy atom. The van der Waals surface area contributed by atoms with Gasteiger partial charge in [0.2, 0.25) is 11.8 Å². The van der Waals surface area contributed by atoms with Crippen LogP contribution in [0.15, 0.2) is 18.2 Å². The van der Waals surface area contributed by atoms with Crippen LogP contribution < -0.4 is 10.6 Å². The number of nitrogens with one attached hydrogen (secondary N) is 2. The van der Waals surface area contributed by atoms with Gasteiger partial charge in [0.25, 0.3) is 11.8 Å². The first kappa shape index (κ1) is 31.1. The van der Waals surface area contributed by atoms with Crippen LogP contribution >= 0.6 is 0 Å². The minimum absolute atomic E-state index is 0.00160. The second-order valence-electron chi connectivity index (χ2n) is 10.1. The van der Waals surface area contributed by atoms with E-state index in [1.165, 1.54) is 19.2 Å². The van der Waals surface area contributed by atoms with E-state index in [1.807, 2.05) is 0 Å². The summed E-state index contributed by atoms with van der Waals surface area (Å²) in [6.07, 6.45) is 1.47. The van der Waals surface area contributed by atoms with E-state index in [1.54, 1.807) is 6.07 Å². The number of hydrogen-bond acceptors (Lipinski definition) is 8. The summed E-state index contributed by atoms with van der Waals surface area (Å²) in [6.45, 7) is 9.00. The number of fused-ring (bicyclic) bond motifs is 1. The number of nitrogens with zero attached hydrogens (tertiary/aromatic N) is 1. The maximum atomic E-state index is 13.1. The Hall–Kier alpha value is -3.15. The Bertz CT molecular complexity index is 989. The molecule has 1 heterocycles. The van der Waals surface area contributed by atoms with Crippen LogP contribution in [-0.2, 0) is 28.6 Å². The molecule has 1 atom stereocenters. The molecule has 38 heavy (non-hydrogen) atoms. The van der Waals surface area contributed by atoms with Crippen molar-refractivity contribution in [3.63, 3.8) is 0 Å². The molecule has 1 aliphatic heterocycles. The largest absolute Gasteiger partial charge is 0.379 e. The van der Waals surface area contributed by atoms with Crippen LogP contribution in [0.2, 0.25) is 0 Å². The Balaban J connectivity index is 1.76. The summed E-state index contributed by atoms with van der Waals surface area (Å²) in [7, 11) is 1.46. The predicted molar refractivity (Wildman–Crippen MR) is 140 cm³/mol. The normalized spacial score (nSPS) is 13.8. The molecule has 1 unspecified atom stereocenters. The predicted octanol–water partition coefficient (Wildman–Crippen LogP) is 2.19. The number of anilines is 1. The van der Waals surface area contributed by atoms with Crippen LogP contribution in [0.4, 0.5) is 5.69 Å². The van der Waals surface area contributed by atoms with Crippen LogP contribution in [-0.4, -0.2) is 87.5 Å². The van der Waals surface area contributed by atoms with Crippen molar-refractivity contribution in [1.29, 1.82) is 0 Å². The topological polar surface area (TPSA) is 140 Å². The minimum atomic E-state index is -1.09. The molecule has 11 nitrogen and oxygen atoms in total. The molecule has 11 heteroatoms. The molecule has 0 aliphatic carbocycles. The van der Waals surface area contributed by atoms with E-state index in [2.05, 4.69) is 31.4 Å². The van der Waals surface area contributed by atoms with Gasteiger partial charge < -0.3 is 29.6 Å². The monoisotopic (exact) mass is 533 g/mol. The molecule has 0 fully saturated rings. The van der Waals surface area contributed by atoms with E-state index in [9.17, 15) is 24.0 Å². The highest BCUT2D eigenvalue weighted by Crippen LogP contribution is 2.31. The SMILES string of the molecule is CNC(=O)CCC(C=O)N1C(=O)c2cccc(NC(=O)CCOCCOCCOCCC(C)(C)C)c2C1=O. The summed E-state index contributed by atoms with van der Waals surface area (Å²) in [5.74, 6) is -2.03. The van der Waals surface area contributed by atoms with E-state index in [0.29, 0.717) is 39.3 Å². The van der Waals surface area contributed by atoms with Crippen LogP contribution in [0.5, 0.6) is 0 Å². The number of carbonyl (C=O) groups is 5. The summed E-state index contributed by atoms with van der Waals surface area (Å²) in [4.78, 5) is 62.4. The highest BCUT2D eigenvalue weighted by molar-refractivity contribution is 6.25. The lowest BCUT2D eigenvalue weighted by Gasteiger charge is -2.21. The standard InChI is InChI=1S/C27H39N3O8/c1-27(2,3)11-13-37-15-17-38-16-14-36-12-10-23(33)29-21-7-5-6-20-24(21)26(35)30(25(20)34)19(18-31)8-9-22(32)28-4/h5-7,18-19H,8-17H2,1-4H3,(H,28,32)(H,29,33). The highest BCUT2D eigenvalue weighted by atomic mass is 16.5. The van der Waals surface area contributed by atoms with Gasteiger partial charge in [0.15, 0.2) is 0 Å². The van der Waals surface area contributed by atoms with Gasteiger partial charge in [-0.15, -0.1) is 0 Å². The van der Waals surface area contributed by atoms with Gasteiger partial charge in [-0.3, -0.25) is 24.1 Å². The first-order valence-electron chi connectivity index (χ1n) is 12.8. The fourth-order valence-corrected chi connectivity index (χ4v) is 3.67. The number of hydrogen-bond donors (Lipinski definition) is 2. The maximum Gasteiger partial charge on any atom is 0.264 e. The van der Waals surface area contributed by atoms with Crippen molar-refractivity contribution in [2.45, 2.75) is 52.5 Å². The molecular weight excluding hydrogens is 494 g/mol. The molecular formula is C27H39N3O8. The molecule has 210 valence electrons. The third kappa shape index (κ3) is 9.62. The summed E-state index contributed by atoms with van der Waals surface area (Å²) in [6, 6.07) is 3.44. The van der Waals surface area contributed by atoms with Gasteiger partial charge in [-0.05, 0) is 30.4 Å². The maximum absolute atomic E-state index is 13.1. The number of imide groups is 1. The van der Waals surface area contributed by atoms with E-state index in [4.69, 9.17) is 14.2 Å². The summed E-state index contributed by atoms with van der Waals surface area (Å²) in [5, 5.41) is 5.09. The fraction of sp³-hybridized carbons (Fsp3) is 0.593. The number of ether oxygens (including phenoxy) is 3. The zero-order valence-electron chi connectivity index (χ0n) is 22.7. The van der Waals surface area contributed by atoms with Crippen molar-refractivity contribution in [3.8, 4) is 0 Å². The van der Waals surface area contributed by atoms with Gasteiger partial charge in [-0.2, -0.15) is 0 Å². The van der Waals surface area contributed by atoms with E-state index >= 15 is 0 Å². The summed E-state index contributed by atoms with van der Waals surface area (Å²) in [5.41, 5.74) is 0.536. The van der Waals surface area contributed by atoms with Crippen LogP contribution in [0.1, 0.15) is 67.2 Å². The molecule has 1 aromatic carbocycles. The minimum Gasteiger partial charge on any atom is -0.379 e. The van der Waals surface area contributed by atoms with Gasteiger partial charge in [-0.1, -0.05) is 26.8 Å². The number of carbonyl (C=O) groups excluding carboxylic acids is 5. The molecule has 0 radical (unpaired) electrons. The Kier molecular flexibility index (Phi) is 12.5. The fourth-order valence-electron chi connectivity index (χ4n) is 3.67. The molecule has 0 bridgehead atoms. The van der Waals surface area contributed by atoms with Gasteiger partial charge >= 0.3 is 0 Å². The average Bonchev–Trinajstić information content (AvgIpc) is 3.12. The molecule has 0 aromatic heterocycles. The second kappa shape index (κ2) is 15.3. The lowest BCUT2D eigenvalue weighted by Crippen LogP contribution is -2.41. The molecule has 2 rings (SSSR count). The quantitative estimate of drug-likeness (QED) is 0.176. The third-order valence-electron chi connectivity index (χ3n) is 5.87. The molecule has 1 aliphatic rings. The number of aldehydes is 1. The van der Waals surface area contributed by atoms with Gasteiger partial charge in [-0.25, -0.2) is 0 Å². The third-order valence-corrected chi connectivity index (χ3v) is 5.87. The molecule has 2 N–H and O–H groups in total. The van der Waals surface area contributed by atoms with Crippen molar-refractivity contribution in [2.75, 3.05) is 52.0 Å². The average molecular weight is 534 g/mol. The van der Waals surface area contributed by atoms with Crippen molar-refractivity contribution in [2.24, 2.45) is 5.41 Å². The molecule has 0 saturated heterocycles. The second-order valence-corrected chi connectivity index (χ2v) is 10.1. The van der Waals surface area contributed by atoms with E-state index in [0.717, 1.165) is 11.3 Å². The number of benzene rings is 1. The van der Waals surface area contributed by atoms with Gasteiger partial charge in [0.05, 0.1) is 62.3 Å². The van der Waals surface area contributed by atoms with E-state index < -0.39 is 23.8 Å². The Labute approximate surface area is 223 Å². The number of amides is 4. The lowest BCUT2D eigenvalue weighted by molar-refractivity contribution is -0.121. The van der Waals surface area contributed by atoms with Crippen LogP contribution in [0, 0.1) is 5.41 Å². The Morgan fingerprint density at radius 1 is 0.921 bits per heavy atom. The zero-order valence-corrected chi connectivity index (χ0v) is 22.7. The van der Waals surface area contributed by atoms with Crippen molar-refractivity contribution in [1.82, 2.24) is 10.2 Å². The molecule has 0 saturated carbocycles. The van der Waals surface area contributed by atoms with Crippen molar-refractivity contribution >= 4 is 35.6 Å². The summed E-state index contributed by atoms with van der Waals surface area (Å²) < 4.78 is 16.4. The first-order chi connectivity index (χ1) is 18.1. The van der Waals surface area contributed by atoms with Crippen LogP contribution in [0.3, 0.4) is 0 Å².